The smallest absolute Gasteiger partial charge is 0.0874 e. The van der Waals surface area contributed by atoms with Crippen molar-refractivity contribution in [2.45, 2.75) is 34.6 Å². The van der Waals surface area contributed by atoms with Gasteiger partial charge in [-0.15, -0.1) is 0 Å². The molecule has 0 aliphatic rings. The quantitative estimate of drug-likeness (QED) is 0.554. The van der Waals surface area contributed by atoms with Crippen LogP contribution in [0.4, 0.5) is 22.7 Å². The number of anilines is 4. The van der Waals surface area contributed by atoms with E-state index in [-0.39, 0.29) is 0 Å². The molecule has 3 N–H and O–H groups in total. The summed E-state index contributed by atoms with van der Waals surface area (Å²) in [5.41, 5.74) is 14.4. The summed E-state index contributed by atoms with van der Waals surface area (Å²) in [4.78, 5) is 4.48. The van der Waals surface area contributed by atoms with Gasteiger partial charge in [-0.2, -0.15) is 0 Å². The van der Waals surface area contributed by atoms with Crippen molar-refractivity contribution in [3.05, 3.63) is 47.0 Å². The lowest BCUT2D eigenvalue weighted by atomic mass is 10.1. The second-order valence-electron chi connectivity index (χ2n) is 7.80. The molecule has 0 heterocycles. The van der Waals surface area contributed by atoms with Gasteiger partial charge in [0.15, 0.2) is 0 Å². The zero-order valence-corrected chi connectivity index (χ0v) is 17.4. The van der Waals surface area contributed by atoms with Gasteiger partial charge in [-0.25, -0.2) is 0 Å². The first-order valence-corrected chi connectivity index (χ1v) is 9.33. The van der Waals surface area contributed by atoms with Gasteiger partial charge in [0.25, 0.3) is 0 Å². The normalized spacial score (nSPS) is 10.9. The lowest BCUT2D eigenvalue weighted by molar-refractivity contribution is 0.638. The van der Waals surface area contributed by atoms with Crippen LogP contribution < -0.4 is 20.9 Å². The van der Waals surface area contributed by atoms with Gasteiger partial charge in [0.1, 0.15) is 0 Å². The minimum atomic E-state index is 0.593. The van der Waals surface area contributed by atoms with Crippen LogP contribution in [0.2, 0.25) is 0 Å². The molecule has 2 aromatic carbocycles. The largest absolute Gasteiger partial charge is 0.397 e. The molecule has 4 heteroatoms. The van der Waals surface area contributed by atoms with Crippen LogP contribution in [0.15, 0.2) is 30.3 Å². The number of para-hydroxylation sites is 1. The van der Waals surface area contributed by atoms with E-state index in [0.717, 1.165) is 17.9 Å². The third-order valence-corrected chi connectivity index (χ3v) is 4.65. The summed E-state index contributed by atoms with van der Waals surface area (Å²) in [6, 6.07) is 10.6. The fourth-order valence-electron chi connectivity index (χ4n) is 3.65. The fraction of sp³-hybridized carbons (Fsp3) is 0.455. The Hall–Kier alpha value is -2.36. The Morgan fingerprint density at radius 2 is 1.62 bits per heavy atom. The molecule has 0 atom stereocenters. The Labute approximate surface area is 159 Å². The van der Waals surface area contributed by atoms with Crippen LogP contribution in [-0.4, -0.2) is 27.3 Å². The SMILES string of the molecule is Cc1cc(C)c(NCN(C)c2c(N)cccc2N(C)CC(C)C)c(C)c1. The number of aryl methyl sites for hydroxylation is 3. The van der Waals surface area contributed by atoms with Crippen LogP contribution in [0.5, 0.6) is 0 Å². The third-order valence-electron chi connectivity index (χ3n) is 4.65. The van der Waals surface area contributed by atoms with Crippen molar-refractivity contribution in [2.75, 3.05) is 48.2 Å². The first-order valence-electron chi connectivity index (χ1n) is 9.33. The van der Waals surface area contributed by atoms with E-state index in [1.165, 1.54) is 28.1 Å². The Morgan fingerprint density at radius 1 is 1.00 bits per heavy atom. The molecule has 4 nitrogen and oxygen atoms in total. The van der Waals surface area contributed by atoms with Crippen molar-refractivity contribution in [1.29, 1.82) is 0 Å². The highest BCUT2D eigenvalue weighted by atomic mass is 15.2. The molecule has 26 heavy (non-hydrogen) atoms. The molecule has 0 amide bonds. The van der Waals surface area contributed by atoms with Crippen LogP contribution in [-0.2, 0) is 0 Å². The number of hydrogen-bond acceptors (Lipinski definition) is 4. The Morgan fingerprint density at radius 3 is 2.19 bits per heavy atom. The van der Waals surface area contributed by atoms with Crippen molar-refractivity contribution < 1.29 is 0 Å². The predicted molar refractivity (Wildman–Crippen MR) is 117 cm³/mol. The third kappa shape index (κ3) is 4.63. The molecular formula is C22H34N4. The lowest BCUT2D eigenvalue weighted by Crippen LogP contribution is -2.30. The van der Waals surface area contributed by atoms with Gasteiger partial charge in [0, 0.05) is 26.3 Å². The maximum Gasteiger partial charge on any atom is 0.0874 e. The van der Waals surface area contributed by atoms with Gasteiger partial charge in [0.05, 0.1) is 23.7 Å². The van der Waals surface area contributed by atoms with E-state index >= 15 is 0 Å². The van der Waals surface area contributed by atoms with Gasteiger partial charge in [0.2, 0.25) is 0 Å². The molecule has 0 aromatic heterocycles. The summed E-state index contributed by atoms with van der Waals surface area (Å²) < 4.78 is 0. The van der Waals surface area contributed by atoms with E-state index in [1.807, 2.05) is 12.1 Å². The Kier molecular flexibility index (Phi) is 6.41. The van der Waals surface area contributed by atoms with Crippen molar-refractivity contribution in [2.24, 2.45) is 5.92 Å². The van der Waals surface area contributed by atoms with Crippen LogP contribution in [0.25, 0.3) is 0 Å². The highest BCUT2D eigenvalue weighted by molar-refractivity contribution is 5.82. The van der Waals surface area contributed by atoms with Gasteiger partial charge in [-0.1, -0.05) is 37.6 Å². The van der Waals surface area contributed by atoms with Crippen molar-refractivity contribution in [1.82, 2.24) is 0 Å². The van der Waals surface area contributed by atoms with Gasteiger partial charge < -0.3 is 20.9 Å². The molecule has 2 aromatic rings. The monoisotopic (exact) mass is 354 g/mol. The van der Waals surface area contributed by atoms with E-state index < -0.39 is 0 Å². The molecule has 0 unspecified atom stereocenters. The van der Waals surface area contributed by atoms with E-state index in [0.29, 0.717) is 12.6 Å². The summed E-state index contributed by atoms with van der Waals surface area (Å²) in [7, 11) is 4.22. The molecule has 0 radical (unpaired) electrons. The fourth-order valence-corrected chi connectivity index (χ4v) is 3.65. The molecule has 0 bridgehead atoms. The second kappa shape index (κ2) is 8.35. The number of nitrogens with one attached hydrogen (secondary N) is 1. The highest BCUT2D eigenvalue weighted by Crippen LogP contribution is 2.34. The van der Waals surface area contributed by atoms with E-state index in [2.05, 4.69) is 82.0 Å². The van der Waals surface area contributed by atoms with Crippen molar-refractivity contribution in [3.63, 3.8) is 0 Å². The minimum Gasteiger partial charge on any atom is -0.397 e. The number of nitrogen functional groups attached to an aromatic ring is 1. The molecule has 0 aliphatic heterocycles. The van der Waals surface area contributed by atoms with Crippen molar-refractivity contribution in [3.8, 4) is 0 Å². The highest BCUT2D eigenvalue weighted by Gasteiger charge is 2.15. The summed E-state index contributed by atoms with van der Waals surface area (Å²) in [5, 5.41) is 3.59. The van der Waals surface area contributed by atoms with Crippen LogP contribution in [0.1, 0.15) is 30.5 Å². The maximum absolute atomic E-state index is 6.34. The standard InChI is InChI=1S/C22H34N4/c1-15(2)13-25(6)20-10-8-9-19(23)22(20)26(7)14-24-21-17(4)11-16(3)12-18(21)5/h8-12,15,24H,13-14,23H2,1-7H3. The molecule has 142 valence electrons. The summed E-state index contributed by atoms with van der Waals surface area (Å²) >= 11 is 0. The number of nitrogens with zero attached hydrogens (tertiary/aromatic N) is 2. The number of rotatable bonds is 7. The molecule has 2 rings (SSSR count). The zero-order valence-electron chi connectivity index (χ0n) is 17.4. The Bertz CT molecular complexity index is 729. The van der Waals surface area contributed by atoms with Gasteiger partial charge in [-0.3, -0.25) is 0 Å². The lowest BCUT2D eigenvalue weighted by Gasteiger charge is -2.30. The van der Waals surface area contributed by atoms with Crippen LogP contribution in [0.3, 0.4) is 0 Å². The number of benzene rings is 2. The average molecular weight is 355 g/mol. The minimum absolute atomic E-state index is 0.593. The number of hydrogen-bond donors (Lipinski definition) is 2. The summed E-state index contributed by atoms with van der Waals surface area (Å²) in [5.74, 6) is 0.593. The second-order valence-corrected chi connectivity index (χ2v) is 7.80. The molecular weight excluding hydrogens is 320 g/mol. The van der Waals surface area contributed by atoms with E-state index in [1.54, 1.807) is 0 Å². The number of nitrogens with two attached hydrogens (primary N) is 1. The molecule has 0 saturated carbocycles. The van der Waals surface area contributed by atoms with Crippen molar-refractivity contribution >= 4 is 22.7 Å². The molecule has 0 aliphatic carbocycles. The predicted octanol–water partition coefficient (Wildman–Crippen LogP) is 4.79. The van der Waals surface area contributed by atoms with Crippen LogP contribution in [0, 0.1) is 26.7 Å². The van der Waals surface area contributed by atoms with Gasteiger partial charge in [-0.05, 0) is 49.9 Å². The maximum atomic E-state index is 6.34. The average Bonchev–Trinajstić information content (AvgIpc) is 2.52. The molecule has 0 spiro atoms. The van der Waals surface area contributed by atoms with Gasteiger partial charge >= 0.3 is 0 Å². The van der Waals surface area contributed by atoms with E-state index in [4.69, 9.17) is 5.73 Å². The molecule has 0 fully saturated rings. The van der Waals surface area contributed by atoms with Crippen LogP contribution >= 0.6 is 0 Å². The Balaban J connectivity index is 2.23. The first-order chi connectivity index (χ1) is 12.2. The molecule has 0 saturated heterocycles. The topological polar surface area (TPSA) is 44.5 Å². The summed E-state index contributed by atoms with van der Waals surface area (Å²) in [6.45, 7) is 12.6. The first kappa shape index (κ1) is 20.0. The zero-order chi connectivity index (χ0) is 19.4. The van der Waals surface area contributed by atoms with E-state index in [9.17, 15) is 0 Å². The summed E-state index contributed by atoms with van der Waals surface area (Å²) in [6.07, 6.45) is 0.